The molecule has 23 heteroatoms. The Balaban J connectivity index is 0.000000162. The summed E-state index contributed by atoms with van der Waals surface area (Å²) in [5.41, 5.74) is 3.79. The molecule has 3 aromatic rings. The first-order valence-electron chi connectivity index (χ1n) is 20.9. The molecule has 0 fully saturated rings. The molecule has 0 spiro atoms. The number of aromatic nitrogens is 3. The van der Waals surface area contributed by atoms with E-state index in [1.54, 1.807) is 74.7 Å². The summed E-state index contributed by atoms with van der Waals surface area (Å²) in [7, 11) is 0. The number of aromatic hydroxyl groups is 10. The van der Waals surface area contributed by atoms with Crippen molar-refractivity contribution in [2.45, 2.75) is 20.8 Å². The van der Waals surface area contributed by atoms with Crippen LogP contribution in [-0.2, 0) is 0 Å². The highest BCUT2D eigenvalue weighted by Gasteiger charge is 2.21. The van der Waals surface area contributed by atoms with Gasteiger partial charge < -0.3 is 51.1 Å². The van der Waals surface area contributed by atoms with Crippen LogP contribution in [0.1, 0.15) is 48.5 Å². The summed E-state index contributed by atoms with van der Waals surface area (Å²) in [6, 6.07) is 11.8. The van der Waals surface area contributed by atoms with Gasteiger partial charge in [-0.25, -0.2) is 15.0 Å². The fourth-order valence-corrected chi connectivity index (χ4v) is 11.5. The number of nitrogens with zero attached hydrogens (tertiary/aromatic N) is 3. The van der Waals surface area contributed by atoms with E-state index in [1.807, 2.05) is 6.92 Å². The summed E-state index contributed by atoms with van der Waals surface area (Å²) in [6.45, 7) is 5.12. The SMILES string of the molecule is Cc1c(Br)c2cnc(/C=C/c3cc(O)c(O)c(Br)c3)sc-2c(O)c1=O.Cc1nc(/C=C/c2ccc(O)c(O)c2Br)sc2c(O)c(=O)c(C)cc1-2.O=c1c(O)cc2cnc(/C=C/c3cc(O)c(O)cc3Br)sc-2c1O. The molecule has 16 nitrogen and oxygen atoms in total. The third-order valence-corrected chi connectivity index (χ3v) is 17.0. The van der Waals surface area contributed by atoms with E-state index in [9.17, 15) is 65.4 Å². The molecule has 0 aromatic heterocycles. The number of fused-ring (bicyclic) bond motifs is 3. The summed E-state index contributed by atoms with van der Waals surface area (Å²) in [6.07, 6.45) is 13.2. The number of phenolic OH excluding ortho intramolecular Hbond substituents is 10. The van der Waals surface area contributed by atoms with Crippen LogP contribution in [0.2, 0.25) is 0 Å². The van der Waals surface area contributed by atoms with Crippen LogP contribution >= 0.6 is 97.7 Å². The molecule has 0 bridgehead atoms. The number of benzene rings is 6. The number of hydrogen-bond acceptors (Lipinski definition) is 19. The van der Waals surface area contributed by atoms with Gasteiger partial charge in [0, 0.05) is 54.9 Å². The van der Waals surface area contributed by atoms with Crippen LogP contribution in [0.3, 0.4) is 0 Å². The summed E-state index contributed by atoms with van der Waals surface area (Å²) in [5.74, 6) is -3.00. The van der Waals surface area contributed by atoms with Gasteiger partial charge in [0.2, 0.25) is 10.9 Å². The maximum absolute atomic E-state index is 12.0. The van der Waals surface area contributed by atoms with E-state index in [2.05, 4.69) is 78.7 Å². The van der Waals surface area contributed by atoms with E-state index in [0.29, 0.717) is 92.2 Å². The monoisotopic (exact) mass is 1310 g/mol. The molecule has 10 N–H and O–H groups in total. The third kappa shape index (κ3) is 11.7. The molecule has 3 aliphatic heterocycles. The van der Waals surface area contributed by atoms with E-state index in [1.165, 1.54) is 59.2 Å². The molecule has 0 amide bonds. The molecule has 3 aliphatic carbocycles. The van der Waals surface area contributed by atoms with E-state index >= 15 is 0 Å². The molecule has 0 saturated carbocycles. The van der Waals surface area contributed by atoms with E-state index in [-0.39, 0.29) is 51.4 Å². The average molecular weight is 1310 g/mol. The molecule has 6 aliphatic rings. The van der Waals surface area contributed by atoms with Crippen LogP contribution in [0.15, 0.2) is 93.2 Å². The normalized spacial score (nSPS) is 11.4. The van der Waals surface area contributed by atoms with Gasteiger partial charge in [-0.1, -0.05) is 34.2 Å². The molecule has 3 aromatic carbocycles. The second-order valence-corrected chi connectivity index (χ2v) is 22.1. The Hall–Kier alpha value is -6.86. The number of halogens is 4. The van der Waals surface area contributed by atoms with Crippen LogP contribution < -0.4 is 16.3 Å². The van der Waals surface area contributed by atoms with Gasteiger partial charge >= 0.3 is 0 Å². The number of aryl methyl sites for hydroxylation is 2. The average Bonchev–Trinajstić information content (AvgIpc) is 3.37. The molecule has 0 saturated heterocycles. The first kappa shape index (κ1) is 54.9. The van der Waals surface area contributed by atoms with Crippen molar-refractivity contribution < 1.29 is 51.1 Å². The van der Waals surface area contributed by atoms with Crippen LogP contribution in [0, 0.1) is 20.8 Å². The highest BCUT2D eigenvalue weighted by atomic mass is 79.9. The molecule has 0 atom stereocenters. The lowest BCUT2D eigenvalue weighted by Crippen LogP contribution is -2.07. The lowest BCUT2D eigenvalue weighted by Gasteiger charge is -2.11. The Bertz CT molecular complexity index is 3850. The second-order valence-electron chi connectivity index (χ2n) is 15.7. The quantitative estimate of drug-likeness (QED) is 0.0692. The fourth-order valence-electron chi connectivity index (χ4n) is 6.69. The van der Waals surface area contributed by atoms with Crippen LogP contribution in [0.4, 0.5) is 0 Å². The summed E-state index contributed by atoms with van der Waals surface area (Å²) >= 11 is 16.5. The van der Waals surface area contributed by atoms with E-state index < -0.39 is 22.4 Å². The molecule has 3 heterocycles. The van der Waals surface area contributed by atoms with Crippen LogP contribution in [0.25, 0.3) is 67.8 Å². The Kier molecular flexibility index (Phi) is 16.9. The lowest BCUT2D eigenvalue weighted by molar-refractivity contribution is 0.401. The molecular formula is C51H35Br4N3O13S3. The summed E-state index contributed by atoms with van der Waals surface area (Å²) in [5, 5.41) is 98.7. The first-order valence-corrected chi connectivity index (χ1v) is 26.5. The van der Waals surface area contributed by atoms with Gasteiger partial charge in [-0.2, -0.15) is 0 Å². The predicted molar refractivity (Wildman–Crippen MR) is 303 cm³/mol. The highest BCUT2D eigenvalue weighted by Crippen LogP contribution is 2.42. The maximum Gasteiger partial charge on any atom is 0.263 e. The zero-order chi connectivity index (χ0) is 54.0. The first-order chi connectivity index (χ1) is 34.9. The van der Waals surface area contributed by atoms with E-state index in [0.717, 1.165) is 16.9 Å². The molecule has 74 heavy (non-hydrogen) atoms. The molecule has 378 valence electrons. The van der Waals surface area contributed by atoms with Crippen molar-refractivity contribution in [3.8, 4) is 88.8 Å². The van der Waals surface area contributed by atoms with Crippen molar-refractivity contribution in [3.63, 3.8) is 0 Å². The molecular weight excluding hydrogens is 1280 g/mol. The fraction of sp³-hybridized carbons (Fsp3) is 0.0588. The molecule has 0 unspecified atom stereocenters. The molecule has 9 rings (SSSR count). The Morgan fingerprint density at radius 3 is 1.74 bits per heavy atom. The maximum atomic E-state index is 12.0. The number of hydrogen-bond donors (Lipinski definition) is 10. The van der Waals surface area contributed by atoms with Crippen molar-refractivity contribution in [3.05, 3.63) is 158 Å². The largest absolute Gasteiger partial charge is 0.504 e. The Morgan fingerprint density at radius 2 is 1.04 bits per heavy atom. The number of phenols is 10. The van der Waals surface area contributed by atoms with Crippen molar-refractivity contribution in [1.29, 1.82) is 0 Å². The predicted octanol–water partition coefficient (Wildman–Crippen LogP) is 12.4. The van der Waals surface area contributed by atoms with Gasteiger partial charge in [-0.15, -0.1) is 34.0 Å². The Labute approximate surface area is 464 Å². The smallest absolute Gasteiger partial charge is 0.263 e. The van der Waals surface area contributed by atoms with Gasteiger partial charge in [-0.05, 0) is 152 Å². The third-order valence-electron chi connectivity index (χ3n) is 10.6. The van der Waals surface area contributed by atoms with Crippen molar-refractivity contribution >= 4 is 134 Å². The minimum absolute atomic E-state index is 0.213. The minimum Gasteiger partial charge on any atom is -0.504 e. The summed E-state index contributed by atoms with van der Waals surface area (Å²) < 4.78 is 1.94. The zero-order valence-electron chi connectivity index (χ0n) is 38.0. The van der Waals surface area contributed by atoms with Gasteiger partial charge in [-0.3, -0.25) is 14.4 Å². The standard InChI is InChI=1S/C18H14BrNO4S.C17H11Br2NO4S.C16H10BrNO5S/c1-8-7-11-9(2)20-13(25-18(11)17(24)15(8)22)6-4-10-3-5-12(21)16(23)14(10)19;1-7-13(19)9-6-20-12(25-17(9)16(24)14(7)22)3-2-8-4-10(18)15(23)11(21)5-8;17-9-5-11(20)10(19)3-7(9)1-2-13-18-6-8-4-12(21)14(22)15(23)16(8)24-13/h3-7,21,23-24H,1-2H3;2-6,21,23-24H,1H3;1-6,19-21,23H/b6-4+;3-2+;2-1+. The topological polar surface area (TPSA) is 292 Å². The Morgan fingerprint density at radius 1 is 0.459 bits per heavy atom. The minimum atomic E-state index is -0.828. The van der Waals surface area contributed by atoms with Gasteiger partial charge in [0.25, 0.3) is 5.43 Å². The van der Waals surface area contributed by atoms with Gasteiger partial charge in [0.15, 0.2) is 57.5 Å². The van der Waals surface area contributed by atoms with E-state index in [4.69, 9.17) is 0 Å². The van der Waals surface area contributed by atoms with Crippen molar-refractivity contribution in [1.82, 2.24) is 15.0 Å². The van der Waals surface area contributed by atoms with Gasteiger partial charge in [0.05, 0.1) is 23.6 Å². The number of rotatable bonds is 6. The highest BCUT2D eigenvalue weighted by molar-refractivity contribution is 9.11. The second kappa shape index (κ2) is 22.7. The van der Waals surface area contributed by atoms with Crippen molar-refractivity contribution in [2.24, 2.45) is 0 Å². The van der Waals surface area contributed by atoms with Gasteiger partial charge in [0.1, 0.15) is 15.0 Å². The summed E-state index contributed by atoms with van der Waals surface area (Å²) in [4.78, 5) is 49.9. The zero-order valence-corrected chi connectivity index (χ0v) is 46.8. The van der Waals surface area contributed by atoms with Crippen LogP contribution in [0.5, 0.6) is 57.5 Å². The lowest BCUT2D eigenvalue weighted by atomic mass is 10.1. The molecule has 0 radical (unpaired) electrons. The van der Waals surface area contributed by atoms with Crippen molar-refractivity contribution in [2.75, 3.05) is 0 Å². The van der Waals surface area contributed by atoms with Crippen LogP contribution in [-0.4, -0.2) is 66.0 Å².